The van der Waals surface area contributed by atoms with Crippen molar-refractivity contribution in [2.45, 2.75) is 235 Å². The molecular weight excluding hydrogens is 780 g/mol. The number of aliphatic hydroxyl groups excluding tert-OH is 7. The van der Waals surface area contributed by atoms with Crippen molar-refractivity contribution >= 4 is 11.9 Å². The van der Waals surface area contributed by atoms with Crippen molar-refractivity contribution in [1.82, 2.24) is 0 Å². The summed E-state index contributed by atoms with van der Waals surface area (Å²) < 4.78 is 33.4. The van der Waals surface area contributed by atoms with Crippen LogP contribution in [0.25, 0.3) is 0 Å². The summed E-state index contributed by atoms with van der Waals surface area (Å²) in [7, 11) is 0. The molecule has 0 amide bonds. The SMILES string of the molecule is CCCCCCCCCC/C=C/CCCCCC(=O)O[C@H](COC(=O)CCCCCCCCCCC)CO[C@@H]1O[C@H](CO[C@@H]2O[C@H](CO)[C@H](O)C(O)C2O)[C@H](O)C(O)C1O. The number of hydrogen-bond acceptors (Lipinski definition) is 15. The van der Waals surface area contributed by atoms with Gasteiger partial charge in [0.1, 0.15) is 55.4 Å². The van der Waals surface area contributed by atoms with Crippen LogP contribution in [0.15, 0.2) is 12.2 Å². The van der Waals surface area contributed by atoms with Crippen LogP contribution in [-0.4, -0.2) is 142 Å². The predicted octanol–water partition coefficient (Wildman–Crippen LogP) is 5.04. The smallest absolute Gasteiger partial charge is 0.306 e. The highest BCUT2D eigenvalue weighted by Crippen LogP contribution is 2.26. The molecule has 2 rings (SSSR count). The van der Waals surface area contributed by atoms with E-state index < -0.39 is 92.7 Å². The van der Waals surface area contributed by atoms with E-state index in [-0.39, 0.29) is 26.1 Å². The van der Waals surface area contributed by atoms with Crippen molar-refractivity contribution in [3.8, 4) is 0 Å². The van der Waals surface area contributed by atoms with Crippen LogP contribution in [0.4, 0.5) is 0 Å². The lowest BCUT2D eigenvalue weighted by molar-refractivity contribution is -0.332. The molecule has 2 saturated heterocycles. The Labute approximate surface area is 359 Å². The molecule has 2 fully saturated rings. The maximum absolute atomic E-state index is 12.9. The molecule has 2 aliphatic rings. The van der Waals surface area contributed by atoms with Crippen molar-refractivity contribution in [2.24, 2.45) is 0 Å². The largest absolute Gasteiger partial charge is 0.462 e. The molecule has 0 aromatic rings. The minimum Gasteiger partial charge on any atom is -0.462 e. The van der Waals surface area contributed by atoms with Crippen LogP contribution >= 0.6 is 0 Å². The third-order valence-corrected chi connectivity index (χ3v) is 11.2. The van der Waals surface area contributed by atoms with Gasteiger partial charge in [0.2, 0.25) is 0 Å². The van der Waals surface area contributed by atoms with Crippen LogP contribution in [0.1, 0.15) is 168 Å². The first-order chi connectivity index (χ1) is 29.0. The number of carbonyl (C=O) groups is 2. The molecule has 0 radical (unpaired) electrons. The Balaban J connectivity index is 1.85. The number of unbranched alkanes of at least 4 members (excludes halogenated alkanes) is 19. The minimum absolute atomic E-state index is 0.148. The number of allylic oxidation sites excluding steroid dienone is 2. The van der Waals surface area contributed by atoms with Gasteiger partial charge in [-0.15, -0.1) is 0 Å². The van der Waals surface area contributed by atoms with Crippen molar-refractivity contribution < 1.29 is 73.8 Å². The molecule has 15 nitrogen and oxygen atoms in total. The number of hydrogen-bond donors (Lipinski definition) is 7. The van der Waals surface area contributed by atoms with Gasteiger partial charge in [0.05, 0.1) is 19.8 Å². The first-order valence-electron chi connectivity index (χ1n) is 23.3. The zero-order chi connectivity index (χ0) is 44.0. The molecule has 4 unspecified atom stereocenters. The fraction of sp³-hybridized carbons (Fsp3) is 0.911. The normalized spacial score (nSPS) is 27.6. The number of ether oxygens (including phenoxy) is 6. The standard InChI is InChI=1S/C45H82O15/c1-3-5-7-9-11-13-14-15-16-17-18-20-22-24-26-28-37(48)58-33(30-55-36(47)27-25-23-21-19-12-10-8-6-4-2)31-56-44-43(54)41(52)39(50)35(60-44)32-57-45-42(53)40(51)38(49)34(29-46)59-45/h17-18,33-35,38-46,49-54H,3-16,19-32H2,1-2H3/b18-17+/t33-,34-,35-,38+,39+,40?,41?,42?,43?,44-,45-/m1/s1. The molecular formula is C45H82O15. The Kier molecular flexibility index (Phi) is 30.6. The molecule has 352 valence electrons. The third-order valence-electron chi connectivity index (χ3n) is 11.2. The number of carbonyl (C=O) groups excluding carboxylic acids is 2. The predicted molar refractivity (Wildman–Crippen MR) is 224 cm³/mol. The van der Waals surface area contributed by atoms with Crippen molar-refractivity contribution in [2.75, 3.05) is 26.4 Å². The van der Waals surface area contributed by atoms with Crippen molar-refractivity contribution in [1.29, 1.82) is 0 Å². The Morgan fingerprint density at radius 1 is 0.517 bits per heavy atom. The molecule has 7 N–H and O–H groups in total. The Morgan fingerprint density at radius 3 is 1.48 bits per heavy atom. The monoisotopic (exact) mass is 863 g/mol. The average molecular weight is 863 g/mol. The van der Waals surface area contributed by atoms with E-state index in [1.165, 1.54) is 83.5 Å². The zero-order valence-electron chi connectivity index (χ0n) is 36.7. The minimum atomic E-state index is -1.76. The number of rotatable bonds is 35. The highest BCUT2D eigenvalue weighted by atomic mass is 16.7. The Bertz CT molecular complexity index is 1110. The van der Waals surface area contributed by atoms with E-state index in [0.717, 1.165) is 44.9 Å². The second-order valence-corrected chi connectivity index (χ2v) is 16.6. The van der Waals surface area contributed by atoms with E-state index in [1.54, 1.807) is 0 Å². The van der Waals surface area contributed by atoms with E-state index in [1.807, 2.05) is 0 Å². The molecule has 0 aliphatic carbocycles. The van der Waals surface area contributed by atoms with Gasteiger partial charge in [0.25, 0.3) is 0 Å². The number of esters is 2. The highest BCUT2D eigenvalue weighted by Gasteiger charge is 2.47. The Hall–Kier alpha value is -1.76. The van der Waals surface area contributed by atoms with E-state index in [2.05, 4.69) is 26.0 Å². The molecule has 60 heavy (non-hydrogen) atoms. The molecule has 15 heteroatoms. The van der Waals surface area contributed by atoms with Gasteiger partial charge in [0, 0.05) is 12.8 Å². The fourth-order valence-corrected chi connectivity index (χ4v) is 7.33. The van der Waals surface area contributed by atoms with E-state index in [4.69, 9.17) is 28.4 Å². The van der Waals surface area contributed by atoms with Crippen LogP contribution < -0.4 is 0 Å². The topological polar surface area (TPSA) is 231 Å². The van der Waals surface area contributed by atoms with Crippen LogP contribution in [0.5, 0.6) is 0 Å². The zero-order valence-corrected chi connectivity index (χ0v) is 36.7. The Morgan fingerprint density at radius 2 is 0.950 bits per heavy atom. The van der Waals surface area contributed by atoms with Gasteiger partial charge >= 0.3 is 11.9 Å². The lowest BCUT2D eigenvalue weighted by atomic mass is 9.98. The second kappa shape index (κ2) is 33.8. The molecule has 2 heterocycles. The first-order valence-corrected chi connectivity index (χ1v) is 23.3. The second-order valence-electron chi connectivity index (χ2n) is 16.6. The van der Waals surface area contributed by atoms with E-state index in [9.17, 15) is 45.3 Å². The number of aliphatic hydroxyl groups is 7. The molecule has 0 saturated carbocycles. The van der Waals surface area contributed by atoms with E-state index >= 15 is 0 Å². The maximum Gasteiger partial charge on any atom is 0.306 e. The summed E-state index contributed by atoms with van der Waals surface area (Å²) in [6.07, 6.45) is 12.7. The summed E-state index contributed by atoms with van der Waals surface area (Å²) in [4.78, 5) is 25.5. The summed E-state index contributed by atoms with van der Waals surface area (Å²) >= 11 is 0. The van der Waals surface area contributed by atoms with Gasteiger partial charge in [-0.3, -0.25) is 9.59 Å². The van der Waals surface area contributed by atoms with Crippen molar-refractivity contribution in [3.63, 3.8) is 0 Å². The van der Waals surface area contributed by atoms with Gasteiger partial charge in [-0.2, -0.15) is 0 Å². The van der Waals surface area contributed by atoms with Crippen LogP contribution in [0.3, 0.4) is 0 Å². The lowest BCUT2D eigenvalue weighted by Gasteiger charge is -2.42. The lowest BCUT2D eigenvalue weighted by Crippen LogP contribution is -2.61. The summed E-state index contributed by atoms with van der Waals surface area (Å²) in [6.45, 7) is 2.54. The first kappa shape index (κ1) is 54.4. The quantitative estimate of drug-likeness (QED) is 0.0252. The summed E-state index contributed by atoms with van der Waals surface area (Å²) in [5.74, 6) is -0.942. The third kappa shape index (κ3) is 22.5. The average Bonchev–Trinajstić information content (AvgIpc) is 3.24. The van der Waals surface area contributed by atoms with Crippen molar-refractivity contribution in [3.05, 3.63) is 12.2 Å². The summed E-state index contributed by atoms with van der Waals surface area (Å²) in [5.41, 5.74) is 0. The molecule has 0 bridgehead atoms. The highest BCUT2D eigenvalue weighted by molar-refractivity contribution is 5.70. The fourth-order valence-electron chi connectivity index (χ4n) is 7.33. The van der Waals surface area contributed by atoms with Gasteiger partial charge in [-0.05, 0) is 38.5 Å². The maximum atomic E-state index is 12.9. The summed E-state index contributed by atoms with van der Waals surface area (Å²) in [5, 5.41) is 71.8. The van der Waals surface area contributed by atoms with Crippen LogP contribution in [-0.2, 0) is 38.0 Å². The van der Waals surface area contributed by atoms with Crippen LogP contribution in [0.2, 0.25) is 0 Å². The molecule has 0 aromatic carbocycles. The van der Waals surface area contributed by atoms with Gasteiger partial charge in [-0.1, -0.05) is 129 Å². The van der Waals surface area contributed by atoms with Gasteiger partial charge in [-0.25, -0.2) is 0 Å². The van der Waals surface area contributed by atoms with Gasteiger partial charge < -0.3 is 64.2 Å². The molecule has 0 spiro atoms. The molecule has 2 aliphatic heterocycles. The van der Waals surface area contributed by atoms with E-state index in [0.29, 0.717) is 12.8 Å². The molecule has 0 aromatic heterocycles. The van der Waals surface area contributed by atoms with Crippen LogP contribution in [0, 0.1) is 0 Å². The molecule has 11 atom stereocenters. The summed E-state index contributed by atoms with van der Waals surface area (Å²) in [6, 6.07) is 0. The van der Waals surface area contributed by atoms with Gasteiger partial charge in [0.15, 0.2) is 18.7 Å².